The van der Waals surface area contributed by atoms with Crippen molar-refractivity contribution in [2.75, 3.05) is 26.8 Å². The van der Waals surface area contributed by atoms with Crippen LogP contribution >= 0.6 is 9.24 Å². The lowest BCUT2D eigenvalue weighted by molar-refractivity contribution is -0.00000134. The van der Waals surface area contributed by atoms with Crippen molar-refractivity contribution in [2.24, 2.45) is 0 Å². The molecule has 0 saturated carbocycles. The molecule has 46 valence electrons. The minimum atomic E-state index is 0. The van der Waals surface area contributed by atoms with Gasteiger partial charge in [0.15, 0.2) is 0 Å². The molecule has 0 radical (unpaired) electrons. The molecule has 7 heavy (non-hydrogen) atoms. The Morgan fingerprint density at radius 2 is 1.86 bits per heavy atom. The molecule has 0 amide bonds. The zero-order chi connectivity index (χ0) is 4.99. The van der Waals surface area contributed by atoms with Crippen LogP contribution in [0.5, 0.6) is 0 Å². The molecule has 1 atom stereocenters. The minimum absolute atomic E-state index is 0. The van der Waals surface area contributed by atoms with Crippen molar-refractivity contribution in [3.63, 3.8) is 0 Å². The van der Waals surface area contributed by atoms with Gasteiger partial charge in [0.05, 0.1) is 6.16 Å². The summed E-state index contributed by atoms with van der Waals surface area (Å²) in [6.45, 7) is 1.22. The van der Waals surface area contributed by atoms with Crippen LogP contribution in [-0.2, 0) is 0 Å². The molecule has 0 fully saturated rings. The Labute approximate surface area is 58.4 Å². The van der Waals surface area contributed by atoms with Gasteiger partial charge in [-0.25, -0.2) is 0 Å². The first kappa shape index (κ1) is 10.8. The van der Waals surface area contributed by atoms with Crippen LogP contribution in [0.1, 0.15) is 0 Å². The summed E-state index contributed by atoms with van der Waals surface area (Å²) in [6.07, 6.45) is 1.28. The molecule has 0 N–H and O–H groups in total. The Bertz CT molecular complexity index is 32.9. The van der Waals surface area contributed by atoms with Gasteiger partial charge in [0, 0.05) is 6.54 Å². The lowest BCUT2D eigenvalue weighted by Gasteiger charge is -2.01. The maximum atomic E-state index is 2.19. The second-order valence-corrected chi connectivity index (χ2v) is 2.36. The lowest BCUT2D eigenvalue weighted by atomic mass is 10.7. The Kier molecular flexibility index (Phi) is 10.6. The normalized spacial score (nSPS) is 9.00. The molecule has 0 aromatic carbocycles. The molecule has 3 heteroatoms. The van der Waals surface area contributed by atoms with E-state index in [9.17, 15) is 0 Å². The fourth-order valence-corrected chi connectivity index (χ4v) is 0.949. The van der Waals surface area contributed by atoms with Crippen LogP contribution in [0.2, 0.25) is 0 Å². The van der Waals surface area contributed by atoms with E-state index in [1.165, 1.54) is 12.7 Å². The zero-order valence-electron chi connectivity index (χ0n) is 4.95. The maximum absolute atomic E-state index is 2.19. The Balaban J connectivity index is 0. The largest absolute Gasteiger partial charge is 1.00 e. The summed E-state index contributed by atoms with van der Waals surface area (Å²) in [5.41, 5.74) is 0. The van der Waals surface area contributed by atoms with Gasteiger partial charge in [-0.1, -0.05) is 0 Å². The second-order valence-electron chi connectivity index (χ2n) is 1.66. The molecule has 0 spiro atoms. The number of nitrogens with zero attached hydrogens (tertiary/aromatic N) is 1. The molecule has 0 aromatic rings. The summed E-state index contributed by atoms with van der Waals surface area (Å²) < 4.78 is 0. The summed E-state index contributed by atoms with van der Waals surface area (Å²) in [5, 5.41) is 0. The number of hydrogen-bond acceptors (Lipinski definition) is 1. The molecule has 0 saturated heterocycles. The highest BCUT2D eigenvalue weighted by Crippen LogP contribution is 1.79. The highest BCUT2D eigenvalue weighted by Gasteiger charge is 1.82. The van der Waals surface area contributed by atoms with Gasteiger partial charge in [-0.15, -0.1) is 0 Å². The molecular weight excluding hydrogens is 173 g/mol. The predicted molar refractivity (Wildman–Crippen MR) is 34.5 cm³/mol. The zero-order valence-corrected chi connectivity index (χ0v) is 7.95. The molecule has 1 nitrogen and oxygen atoms in total. The van der Waals surface area contributed by atoms with Gasteiger partial charge in [0.1, 0.15) is 0 Å². The van der Waals surface area contributed by atoms with Crippen molar-refractivity contribution in [3.05, 3.63) is 0 Å². The summed E-state index contributed by atoms with van der Waals surface area (Å²) in [6, 6.07) is 0. The fourth-order valence-electron chi connectivity index (χ4n) is 0.316. The van der Waals surface area contributed by atoms with Crippen LogP contribution in [-0.4, -0.2) is 31.7 Å². The SMILES string of the molecule is CN(C)CC[PH3+].[Br-]. The summed E-state index contributed by atoms with van der Waals surface area (Å²) in [5.74, 6) is 0. The van der Waals surface area contributed by atoms with E-state index in [0.717, 1.165) is 0 Å². The Morgan fingerprint density at radius 1 is 1.43 bits per heavy atom. The monoisotopic (exact) mass is 185 g/mol. The highest BCUT2D eigenvalue weighted by atomic mass is 79.9. The van der Waals surface area contributed by atoms with E-state index >= 15 is 0 Å². The van der Waals surface area contributed by atoms with E-state index in [-0.39, 0.29) is 17.0 Å². The van der Waals surface area contributed by atoms with Gasteiger partial charge < -0.3 is 21.9 Å². The minimum Gasteiger partial charge on any atom is -1.00 e. The molecule has 1 unspecified atom stereocenters. The maximum Gasteiger partial charge on any atom is 0.0653 e. The molecule has 0 aliphatic carbocycles. The van der Waals surface area contributed by atoms with Gasteiger partial charge in [0.2, 0.25) is 0 Å². The van der Waals surface area contributed by atoms with Gasteiger partial charge in [-0.3, -0.25) is 0 Å². The van der Waals surface area contributed by atoms with Gasteiger partial charge in [-0.2, -0.15) is 0 Å². The van der Waals surface area contributed by atoms with E-state index in [4.69, 9.17) is 0 Å². The fraction of sp³-hybridized carbons (Fsp3) is 1.00. The first-order chi connectivity index (χ1) is 2.77. The van der Waals surface area contributed by atoms with Crippen molar-refractivity contribution in [2.45, 2.75) is 0 Å². The third-order valence-corrected chi connectivity index (χ3v) is 0.922. The first-order valence-corrected chi connectivity index (χ1v) is 3.21. The summed E-state index contributed by atoms with van der Waals surface area (Å²) in [7, 11) is 6.20. The van der Waals surface area contributed by atoms with Crippen molar-refractivity contribution < 1.29 is 17.0 Å². The Hall–Kier alpha value is 0.870. The second kappa shape index (κ2) is 6.87. The smallest absolute Gasteiger partial charge is 0.0653 e. The van der Waals surface area contributed by atoms with E-state index in [0.29, 0.717) is 0 Å². The van der Waals surface area contributed by atoms with Gasteiger partial charge >= 0.3 is 0 Å². The van der Waals surface area contributed by atoms with Gasteiger partial charge in [0.25, 0.3) is 0 Å². The van der Waals surface area contributed by atoms with Crippen LogP contribution < -0.4 is 17.0 Å². The first-order valence-electron chi connectivity index (χ1n) is 2.21. The van der Waals surface area contributed by atoms with E-state index < -0.39 is 0 Å². The van der Waals surface area contributed by atoms with Crippen molar-refractivity contribution >= 4 is 9.24 Å². The highest BCUT2D eigenvalue weighted by molar-refractivity contribution is 7.16. The summed E-state index contributed by atoms with van der Waals surface area (Å²) in [4.78, 5) is 2.19. The third-order valence-electron chi connectivity index (χ3n) is 0.605. The van der Waals surface area contributed by atoms with Crippen LogP contribution in [0.3, 0.4) is 0 Å². The van der Waals surface area contributed by atoms with E-state index in [2.05, 4.69) is 19.0 Å². The number of rotatable bonds is 2. The Morgan fingerprint density at radius 3 is 1.86 bits per heavy atom. The molecule has 0 aliphatic rings. The molecule has 0 aromatic heterocycles. The van der Waals surface area contributed by atoms with Crippen molar-refractivity contribution in [1.29, 1.82) is 0 Å². The quantitative estimate of drug-likeness (QED) is 0.420. The predicted octanol–water partition coefficient (Wildman–Crippen LogP) is -2.84. The van der Waals surface area contributed by atoms with Crippen LogP contribution in [0.25, 0.3) is 0 Å². The molecule has 0 aliphatic heterocycles. The van der Waals surface area contributed by atoms with Gasteiger partial charge in [-0.05, 0) is 23.3 Å². The van der Waals surface area contributed by atoms with Crippen LogP contribution in [0.15, 0.2) is 0 Å². The van der Waals surface area contributed by atoms with Crippen LogP contribution in [0, 0.1) is 0 Å². The van der Waals surface area contributed by atoms with Crippen LogP contribution in [0.4, 0.5) is 0 Å². The van der Waals surface area contributed by atoms with E-state index in [1.54, 1.807) is 0 Å². The lowest BCUT2D eigenvalue weighted by Crippen LogP contribution is -3.00. The standard InChI is InChI=1S/C4H12NP.BrH/c1-5(2)3-4-6;/h3-4,6H2,1-2H3;1H. The third kappa shape index (κ3) is 10.9. The average molecular weight is 186 g/mol. The van der Waals surface area contributed by atoms with Crippen molar-refractivity contribution in [3.8, 4) is 0 Å². The molecular formula is C4H13BrNP. The number of hydrogen-bond donors (Lipinski definition) is 0. The van der Waals surface area contributed by atoms with E-state index in [1.807, 2.05) is 9.24 Å². The molecule has 0 rings (SSSR count). The number of halogens is 1. The summed E-state index contributed by atoms with van der Waals surface area (Å²) >= 11 is 0. The molecule has 0 heterocycles. The topological polar surface area (TPSA) is 3.24 Å². The molecule has 0 bridgehead atoms. The average Bonchev–Trinajstić information content (AvgIpc) is 1.35. The van der Waals surface area contributed by atoms with Crippen molar-refractivity contribution in [1.82, 2.24) is 4.90 Å².